The number of nitrogens with zero attached hydrogens (tertiary/aromatic N) is 1. The summed E-state index contributed by atoms with van der Waals surface area (Å²) in [6, 6.07) is 16.2. The maximum Gasteiger partial charge on any atom is 0.120 e. The van der Waals surface area contributed by atoms with Crippen molar-refractivity contribution in [3.8, 4) is 5.75 Å². The lowest BCUT2D eigenvalue weighted by molar-refractivity contribution is -0.839. The molecule has 0 spiro atoms. The second-order valence-electron chi connectivity index (χ2n) is 6.34. The van der Waals surface area contributed by atoms with Crippen LogP contribution in [0.1, 0.15) is 11.1 Å². The number of hydrogen-bond acceptors (Lipinski definition) is 2. The summed E-state index contributed by atoms with van der Waals surface area (Å²) < 4.78 is 5.61. The molecule has 120 valence electrons. The molecule has 0 aliphatic carbocycles. The summed E-state index contributed by atoms with van der Waals surface area (Å²) in [5, 5.41) is 12.9. The number of benzene rings is 2. The van der Waals surface area contributed by atoms with Gasteiger partial charge in [0, 0.05) is 23.5 Å². The van der Waals surface area contributed by atoms with E-state index in [1.165, 1.54) is 0 Å². The van der Waals surface area contributed by atoms with Crippen LogP contribution in [0.4, 0.5) is 0 Å². The number of fused-ring (bicyclic) bond motifs is 1. The lowest BCUT2D eigenvalue weighted by Gasteiger charge is -2.33. The number of hydroxylamine groups is 3. The van der Waals surface area contributed by atoms with Gasteiger partial charge in [0.25, 0.3) is 0 Å². The Kier molecular flexibility index (Phi) is 4.37. The van der Waals surface area contributed by atoms with Crippen LogP contribution >= 0.6 is 0 Å². The zero-order valence-electron chi connectivity index (χ0n) is 13.6. The van der Waals surface area contributed by atoms with Gasteiger partial charge in [-0.1, -0.05) is 30.3 Å². The highest BCUT2D eigenvalue weighted by Gasteiger charge is 2.09. The Labute approximate surface area is 136 Å². The molecular formula is C19H22N2O2. The van der Waals surface area contributed by atoms with Crippen molar-refractivity contribution in [2.75, 3.05) is 20.6 Å². The molecule has 23 heavy (non-hydrogen) atoms. The second kappa shape index (κ2) is 6.44. The zero-order valence-corrected chi connectivity index (χ0v) is 13.6. The Morgan fingerprint density at radius 3 is 2.61 bits per heavy atom. The maximum atomic E-state index is 11.8. The molecule has 2 aromatic carbocycles. The van der Waals surface area contributed by atoms with Crippen LogP contribution in [0.2, 0.25) is 0 Å². The van der Waals surface area contributed by atoms with E-state index in [0.717, 1.165) is 34.2 Å². The summed E-state index contributed by atoms with van der Waals surface area (Å²) in [5.74, 6) is 0.845. The second-order valence-corrected chi connectivity index (χ2v) is 6.34. The lowest BCUT2D eigenvalue weighted by Crippen LogP contribution is -2.34. The smallest absolute Gasteiger partial charge is 0.120 e. The first-order valence-electron chi connectivity index (χ1n) is 7.82. The quantitative estimate of drug-likeness (QED) is 0.555. The molecule has 1 N–H and O–H groups in total. The molecule has 0 bridgehead atoms. The van der Waals surface area contributed by atoms with Crippen LogP contribution in [-0.4, -0.2) is 30.3 Å². The average molecular weight is 310 g/mol. The van der Waals surface area contributed by atoms with Crippen molar-refractivity contribution in [3.63, 3.8) is 0 Å². The lowest BCUT2D eigenvalue weighted by atomic mass is 10.1. The van der Waals surface area contributed by atoms with Crippen molar-refractivity contribution in [3.05, 3.63) is 71.1 Å². The number of rotatable bonds is 6. The highest BCUT2D eigenvalue weighted by molar-refractivity contribution is 5.84. The van der Waals surface area contributed by atoms with Crippen LogP contribution < -0.4 is 4.74 Å². The molecule has 1 heterocycles. The monoisotopic (exact) mass is 310 g/mol. The first kappa shape index (κ1) is 15.6. The van der Waals surface area contributed by atoms with Crippen molar-refractivity contribution in [1.29, 1.82) is 0 Å². The van der Waals surface area contributed by atoms with E-state index in [-0.39, 0.29) is 4.65 Å². The molecule has 0 unspecified atom stereocenters. The molecule has 0 aliphatic rings. The van der Waals surface area contributed by atoms with Gasteiger partial charge in [-0.15, -0.1) is 0 Å². The Hall–Kier alpha value is -2.30. The number of aromatic amines is 1. The van der Waals surface area contributed by atoms with Crippen molar-refractivity contribution in [2.24, 2.45) is 0 Å². The van der Waals surface area contributed by atoms with E-state index >= 15 is 0 Å². The Morgan fingerprint density at radius 1 is 1.09 bits per heavy atom. The first-order chi connectivity index (χ1) is 11.0. The molecule has 0 saturated carbocycles. The standard InChI is InChI=1S/C19H22N2O2/c1-21(2,22)11-10-16-13-20-19-9-8-17(12-18(16)19)23-14-15-6-4-3-5-7-15/h3-9,12-13,20H,10-11,14H2,1-2H3. The summed E-state index contributed by atoms with van der Waals surface area (Å²) in [5.41, 5.74) is 3.38. The SMILES string of the molecule is C[N+](C)([O-])CCc1c[nH]c2ccc(OCc3ccccc3)cc12. The van der Waals surface area contributed by atoms with Crippen molar-refractivity contribution < 1.29 is 9.38 Å². The van der Waals surface area contributed by atoms with Crippen LogP contribution in [0.3, 0.4) is 0 Å². The van der Waals surface area contributed by atoms with E-state index < -0.39 is 0 Å². The number of H-pyrrole nitrogens is 1. The molecule has 0 saturated heterocycles. The summed E-state index contributed by atoms with van der Waals surface area (Å²) in [6.45, 7) is 1.11. The number of quaternary nitrogens is 1. The molecular weight excluding hydrogens is 288 g/mol. The van der Waals surface area contributed by atoms with Gasteiger partial charge in [0.15, 0.2) is 0 Å². The van der Waals surface area contributed by atoms with Crippen molar-refractivity contribution in [2.45, 2.75) is 13.0 Å². The number of hydrogen-bond donors (Lipinski definition) is 1. The third-order valence-corrected chi connectivity index (χ3v) is 3.91. The molecule has 0 amide bonds. The maximum absolute atomic E-state index is 11.8. The fourth-order valence-electron chi connectivity index (χ4n) is 2.58. The fourth-order valence-corrected chi connectivity index (χ4v) is 2.58. The van der Waals surface area contributed by atoms with Crippen LogP contribution in [0.15, 0.2) is 54.7 Å². The van der Waals surface area contributed by atoms with E-state index in [2.05, 4.69) is 23.2 Å². The van der Waals surface area contributed by atoms with Gasteiger partial charge in [-0.25, -0.2) is 0 Å². The molecule has 0 aliphatic heterocycles. The minimum Gasteiger partial charge on any atom is -0.633 e. The predicted octanol–water partition coefficient (Wildman–Crippen LogP) is 3.86. The normalized spacial score (nSPS) is 11.8. The predicted molar refractivity (Wildman–Crippen MR) is 93.1 cm³/mol. The Morgan fingerprint density at radius 2 is 1.87 bits per heavy atom. The van der Waals surface area contributed by atoms with Gasteiger partial charge in [-0.2, -0.15) is 0 Å². The Bertz CT molecular complexity index is 773. The molecule has 1 aromatic heterocycles. The van der Waals surface area contributed by atoms with Gasteiger partial charge in [0.05, 0.1) is 20.6 Å². The number of likely N-dealkylation sites (N-methyl/N-ethyl adjacent to an activating group) is 1. The summed E-state index contributed by atoms with van der Waals surface area (Å²) in [7, 11) is 3.34. The van der Waals surface area contributed by atoms with E-state index in [1.807, 2.05) is 36.5 Å². The summed E-state index contributed by atoms with van der Waals surface area (Å²) in [4.78, 5) is 3.26. The molecule has 3 aromatic rings. The van der Waals surface area contributed by atoms with E-state index in [9.17, 15) is 5.21 Å². The van der Waals surface area contributed by atoms with Crippen LogP contribution in [0.25, 0.3) is 10.9 Å². The van der Waals surface area contributed by atoms with Crippen molar-refractivity contribution in [1.82, 2.24) is 4.98 Å². The molecule has 0 radical (unpaired) electrons. The largest absolute Gasteiger partial charge is 0.633 e. The number of aromatic nitrogens is 1. The molecule has 4 nitrogen and oxygen atoms in total. The number of ether oxygens (including phenoxy) is 1. The average Bonchev–Trinajstić information content (AvgIpc) is 2.94. The van der Waals surface area contributed by atoms with Gasteiger partial charge in [0.1, 0.15) is 12.4 Å². The third-order valence-electron chi connectivity index (χ3n) is 3.91. The fraction of sp³-hybridized carbons (Fsp3) is 0.263. The molecule has 3 rings (SSSR count). The van der Waals surface area contributed by atoms with E-state index in [1.54, 1.807) is 14.1 Å². The van der Waals surface area contributed by atoms with Gasteiger partial charge < -0.3 is 19.6 Å². The Balaban J connectivity index is 1.75. The molecule has 4 heteroatoms. The molecule has 0 atom stereocenters. The van der Waals surface area contributed by atoms with Crippen LogP contribution in [0.5, 0.6) is 5.75 Å². The van der Waals surface area contributed by atoms with Crippen LogP contribution in [-0.2, 0) is 13.0 Å². The van der Waals surface area contributed by atoms with Gasteiger partial charge >= 0.3 is 0 Å². The van der Waals surface area contributed by atoms with E-state index in [4.69, 9.17) is 4.74 Å². The van der Waals surface area contributed by atoms with Gasteiger partial charge in [-0.3, -0.25) is 0 Å². The highest BCUT2D eigenvalue weighted by Crippen LogP contribution is 2.25. The van der Waals surface area contributed by atoms with Crippen LogP contribution in [0, 0.1) is 5.21 Å². The third kappa shape index (κ3) is 4.12. The first-order valence-corrected chi connectivity index (χ1v) is 7.82. The summed E-state index contributed by atoms with van der Waals surface area (Å²) in [6.07, 6.45) is 2.74. The molecule has 0 fully saturated rings. The van der Waals surface area contributed by atoms with Gasteiger partial charge in [0.2, 0.25) is 0 Å². The number of nitrogens with one attached hydrogen (secondary N) is 1. The minimum absolute atomic E-state index is 0.281. The minimum atomic E-state index is -0.281. The topological polar surface area (TPSA) is 48.1 Å². The van der Waals surface area contributed by atoms with E-state index in [0.29, 0.717) is 13.2 Å². The van der Waals surface area contributed by atoms with Gasteiger partial charge in [-0.05, 0) is 29.3 Å². The van der Waals surface area contributed by atoms with Crippen molar-refractivity contribution >= 4 is 10.9 Å². The zero-order chi connectivity index (χ0) is 16.3. The summed E-state index contributed by atoms with van der Waals surface area (Å²) >= 11 is 0. The highest BCUT2D eigenvalue weighted by atomic mass is 16.5.